The summed E-state index contributed by atoms with van der Waals surface area (Å²) in [5.74, 6) is -1.37. The van der Waals surface area contributed by atoms with Crippen molar-refractivity contribution in [3.05, 3.63) is 24.0 Å². The lowest BCUT2D eigenvalue weighted by atomic mass is 10.3. The second-order valence-electron chi connectivity index (χ2n) is 5.86. The van der Waals surface area contributed by atoms with Crippen LogP contribution in [-0.4, -0.2) is 40.3 Å². The molecule has 0 saturated heterocycles. The summed E-state index contributed by atoms with van der Waals surface area (Å²) in [7, 11) is 1.48. The Labute approximate surface area is 133 Å². The highest BCUT2D eigenvalue weighted by molar-refractivity contribution is 8.00. The van der Waals surface area contributed by atoms with Gasteiger partial charge in [0.2, 0.25) is 0 Å². The quantitative estimate of drug-likeness (QED) is 0.809. The molecule has 0 aromatic heterocycles. The van der Waals surface area contributed by atoms with E-state index in [1.807, 2.05) is 20.8 Å². The van der Waals surface area contributed by atoms with Crippen molar-refractivity contribution in [3.8, 4) is 0 Å². The maximum Gasteiger partial charge on any atom is 0.321 e. The maximum absolute atomic E-state index is 14.0. The highest BCUT2D eigenvalue weighted by Gasteiger charge is 2.16. The Kier molecular flexibility index (Phi) is 6.22. The smallest absolute Gasteiger partial charge is 0.321 e. The Morgan fingerprint density at radius 3 is 2.50 bits per heavy atom. The molecule has 0 heterocycles. The minimum Gasteiger partial charge on any atom is -0.481 e. The average molecular weight is 328 g/mol. The molecule has 0 bridgehead atoms. The van der Waals surface area contributed by atoms with E-state index in [4.69, 9.17) is 5.11 Å². The number of aliphatic carboxylic acids is 1. The highest BCUT2D eigenvalue weighted by atomic mass is 32.2. The molecule has 0 aliphatic rings. The molecule has 1 rings (SSSR count). The van der Waals surface area contributed by atoms with Gasteiger partial charge in [-0.15, -0.1) is 11.8 Å². The van der Waals surface area contributed by atoms with Crippen molar-refractivity contribution in [2.75, 3.05) is 18.9 Å². The normalized spacial score (nSPS) is 11.1. The number of carboxylic acid groups (broad SMARTS) is 1. The zero-order chi connectivity index (χ0) is 16.9. The van der Waals surface area contributed by atoms with Gasteiger partial charge in [0.25, 0.3) is 0 Å². The lowest BCUT2D eigenvalue weighted by molar-refractivity contribution is -0.137. The number of carbonyl (C=O) groups is 2. The van der Waals surface area contributed by atoms with Gasteiger partial charge in [0.05, 0.1) is 6.42 Å². The van der Waals surface area contributed by atoms with Gasteiger partial charge < -0.3 is 15.3 Å². The van der Waals surface area contributed by atoms with Crippen LogP contribution in [0.4, 0.5) is 14.9 Å². The lowest BCUT2D eigenvalue weighted by Gasteiger charge is -2.19. The van der Waals surface area contributed by atoms with Crippen molar-refractivity contribution < 1.29 is 19.1 Å². The topological polar surface area (TPSA) is 69.6 Å². The molecular weight excluding hydrogens is 307 g/mol. The van der Waals surface area contributed by atoms with Gasteiger partial charge in [-0.1, -0.05) is 20.8 Å². The van der Waals surface area contributed by atoms with E-state index in [-0.39, 0.29) is 17.7 Å². The zero-order valence-electron chi connectivity index (χ0n) is 13.1. The van der Waals surface area contributed by atoms with Crippen molar-refractivity contribution in [1.29, 1.82) is 0 Å². The minimum absolute atomic E-state index is 0.0849. The first-order valence-electron chi connectivity index (χ1n) is 6.81. The van der Waals surface area contributed by atoms with Crippen molar-refractivity contribution in [2.45, 2.75) is 36.8 Å². The molecule has 0 fully saturated rings. The number of hydrogen-bond donors (Lipinski definition) is 2. The number of anilines is 1. The molecular formula is C15H21FN2O3S. The zero-order valence-corrected chi connectivity index (χ0v) is 14.0. The summed E-state index contributed by atoms with van der Waals surface area (Å²) in [6.07, 6.45) is -0.139. The van der Waals surface area contributed by atoms with Crippen LogP contribution in [0.1, 0.15) is 27.2 Å². The third-order valence-electron chi connectivity index (χ3n) is 2.61. The Bertz CT molecular complexity index is 558. The number of benzene rings is 1. The van der Waals surface area contributed by atoms with Crippen LogP contribution in [0.15, 0.2) is 23.1 Å². The number of nitrogens with zero attached hydrogens (tertiary/aromatic N) is 1. The van der Waals surface area contributed by atoms with Crippen molar-refractivity contribution in [1.82, 2.24) is 4.90 Å². The molecule has 1 aromatic carbocycles. The molecule has 2 N–H and O–H groups in total. The summed E-state index contributed by atoms with van der Waals surface area (Å²) in [4.78, 5) is 24.1. The van der Waals surface area contributed by atoms with E-state index < -0.39 is 17.8 Å². The van der Waals surface area contributed by atoms with E-state index in [0.717, 1.165) is 0 Å². The second-order valence-corrected chi connectivity index (χ2v) is 7.72. The number of carbonyl (C=O) groups excluding carboxylic acids is 1. The predicted molar refractivity (Wildman–Crippen MR) is 85.9 cm³/mol. The van der Waals surface area contributed by atoms with Gasteiger partial charge in [0.1, 0.15) is 5.82 Å². The van der Waals surface area contributed by atoms with Crippen LogP contribution in [0.25, 0.3) is 0 Å². The highest BCUT2D eigenvalue weighted by Crippen LogP contribution is 2.34. The van der Waals surface area contributed by atoms with Gasteiger partial charge in [-0.25, -0.2) is 9.18 Å². The van der Waals surface area contributed by atoms with Gasteiger partial charge in [0, 0.05) is 28.9 Å². The number of urea groups is 1. The number of carboxylic acids is 1. The van der Waals surface area contributed by atoms with Crippen molar-refractivity contribution >= 4 is 29.4 Å². The first-order chi connectivity index (χ1) is 10.1. The number of amides is 2. The molecule has 1 aromatic rings. The number of nitrogens with one attached hydrogen (secondary N) is 1. The Balaban J connectivity index is 2.68. The van der Waals surface area contributed by atoms with Crippen molar-refractivity contribution in [3.63, 3.8) is 0 Å². The molecule has 0 aliphatic heterocycles. The first kappa shape index (κ1) is 18.3. The molecule has 0 saturated carbocycles. The van der Waals surface area contributed by atoms with Crippen LogP contribution in [0, 0.1) is 5.82 Å². The summed E-state index contributed by atoms with van der Waals surface area (Å²) in [6.45, 7) is 6.06. The number of rotatable bonds is 5. The molecule has 0 radical (unpaired) electrons. The SMILES string of the molecule is CN(CCC(=O)O)C(=O)Nc1ccc(SC(C)(C)C)c(F)c1. The van der Waals surface area contributed by atoms with Crippen LogP contribution in [0.3, 0.4) is 0 Å². The molecule has 122 valence electrons. The number of halogens is 1. The lowest BCUT2D eigenvalue weighted by Crippen LogP contribution is -2.33. The largest absolute Gasteiger partial charge is 0.481 e. The fraction of sp³-hybridized carbons (Fsp3) is 0.467. The van der Waals surface area contributed by atoms with E-state index in [2.05, 4.69) is 5.32 Å². The average Bonchev–Trinajstić information content (AvgIpc) is 2.37. The monoisotopic (exact) mass is 328 g/mol. The number of hydrogen-bond acceptors (Lipinski definition) is 3. The van der Waals surface area contributed by atoms with E-state index >= 15 is 0 Å². The van der Waals surface area contributed by atoms with E-state index in [0.29, 0.717) is 10.6 Å². The van der Waals surface area contributed by atoms with Gasteiger partial charge in [-0.05, 0) is 18.2 Å². The summed E-state index contributed by atoms with van der Waals surface area (Å²) in [5.41, 5.74) is 0.336. The third kappa shape index (κ3) is 6.34. The van der Waals surface area contributed by atoms with Gasteiger partial charge >= 0.3 is 12.0 Å². The molecule has 2 amide bonds. The number of thioether (sulfide) groups is 1. The van der Waals surface area contributed by atoms with Crippen LogP contribution in [0.2, 0.25) is 0 Å². The van der Waals surface area contributed by atoms with Gasteiger partial charge in [-0.2, -0.15) is 0 Å². The summed E-state index contributed by atoms with van der Waals surface area (Å²) in [6, 6.07) is 4.03. The Morgan fingerprint density at radius 2 is 2.00 bits per heavy atom. The molecule has 0 atom stereocenters. The standard InChI is InChI=1S/C15H21FN2O3S/c1-15(2,3)22-12-6-5-10(9-11(12)16)17-14(21)18(4)8-7-13(19)20/h5-6,9H,7-8H2,1-4H3,(H,17,21)(H,19,20). The van der Waals surface area contributed by atoms with Gasteiger partial charge in [0.15, 0.2) is 0 Å². The Morgan fingerprint density at radius 1 is 1.36 bits per heavy atom. The van der Waals surface area contributed by atoms with E-state index in [9.17, 15) is 14.0 Å². The molecule has 0 unspecified atom stereocenters. The molecule has 7 heteroatoms. The van der Waals surface area contributed by atoms with Gasteiger partial charge in [-0.3, -0.25) is 4.79 Å². The van der Waals surface area contributed by atoms with E-state index in [1.54, 1.807) is 12.1 Å². The second kappa shape index (κ2) is 7.49. The fourth-order valence-electron chi connectivity index (χ4n) is 1.58. The van der Waals surface area contributed by atoms with Crippen molar-refractivity contribution in [2.24, 2.45) is 0 Å². The van der Waals surface area contributed by atoms with Crippen LogP contribution >= 0.6 is 11.8 Å². The van der Waals surface area contributed by atoms with Crippen LogP contribution < -0.4 is 5.32 Å². The van der Waals surface area contributed by atoms with E-state index in [1.165, 1.54) is 29.8 Å². The molecule has 22 heavy (non-hydrogen) atoms. The molecule has 5 nitrogen and oxygen atoms in total. The molecule has 0 aliphatic carbocycles. The minimum atomic E-state index is -0.978. The predicted octanol–water partition coefficient (Wildman–Crippen LogP) is 3.65. The first-order valence-corrected chi connectivity index (χ1v) is 7.62. The summed E-state index contributed by atoms with van der Waals surface area (Å²) < 4.78 is 13.9. The van der Waals surface area contributed by atoms with Crippen LogP contribution in [0.5, 0.6) is 0 Å². The Hall–Kier alpha value is -1.76. The fourth-order valence-corrected chi connectivity index (χ4v) is 2.53. The summed E-state index contributed by atoms with van der Waals surface area (Å²) in [5, 5.41) is 11.1. The third-order valence-corrected chi connectivity index (χ3v) is 3.77. The molecule has 0 spiro atoms. The summed E-state index contributed by atoms with van der Waals surface area (Å²) >= 11 is 1.41. The maximum atomic E-state index is 14.0. The van der Waals surface area contributed by atoms with Crippen LogP contribution in [-0.2, 0) is 4.79 Å².